The summed E-state index contributed by atoms with van der Waals surface area (Å²) in [5.41, 5.74) is 0.721. The first-order chi connectivity index (χ1) is 8.52. The molecule has 98 valence electrons. The Morgan fingerprint density at radius 1 is 1.44 bits per heavy atom. The van der Waals surface area contributed by atoms with Gasteiger partial charge in [0.2, 0.25) is 5.91 Å². The predicted molar refractivity (Wildman–Crippen MR) is 66.4 cm³/mol. The van der Waals surface area contributed by atoms with Gasteiger partial charge in [-0.05, 0) is 24.6 Å². The van der Waals surface area contributed by atoms with Gasteiger partial charge in [-0.2, -0.15) is 0 Å². The first kappa shape index (κ1) is 14.0. The molecule has 0 heterocycles. The van der Waals surface area contributed by atoms with E-state index in [1.54, 1.807) is 24.3 Å². The zero-order valence-corrected chi connectivity index (χ0v) is 10.5. The van der Waals surface area contributed by atoms with Crippen LogP contribution in [-0.4, -0.2) is 23.6 Å². The van der Waals surface area contributed by atoms with Crippen LogP contribution in [0.15, 0.2) is 24.3 Å². The molecule has 18 heavy (non-hydrogen) atoms. The second-order valence-electron chi connectivity index (χ2n) is 3.86. The minimum absolute atomic E-state index is 0.158. The Bertz CT molecular complexity index is 415. The molecule has 1 aromatic carbocycles. The zero-order valence-electron chi connectivity index (χ0n) is 10.5. The summed E-state index contributed by atoms with van der Waals surface area (Å²) in [7, 11) is 0. The normalized spacial score (nSPS) is 11.7. The van der Waals surface area contributed by atoms with Gasteiger partial charge in [-0.1, -0.05) is 12.1 Å². The number of benzene rings is 1. The number of carbonyl (C=O) groups excluding carboxylic acids is 1. The number of hydrogen-bond donors (Lipinski definition) is 2. The molecule has 1 aromatic rings. The lowest BCUT2D eigenvalue weighted by Crippen LogP contribution is -2.28. The van der Waals surface area contributed by atoms with E-state index < -0.39 is 12.0 Å². The average Bonchev–Trinajstić information content (AvgIpc) is 2.28. The van der Waals surface area contributed by atoms with Gasteiger partial charge in [0, 0.05) is 6.92 Å². The third kappa shape index (κ3) is 4.45. The van der Waals surface area contributed by atoms with Crippen LogP contribution in [0.25, 0.3) is 0 Å². The van der Waals surface area contributed by atoms with Gasteiger partial charge in [-0.25, -0.2) is 0 Å². The Hall–Kier alpha value is -2.04. The molecule has 0 bridgehead atoms. The highest BCUT2D eigenvalue weighted by atomic mass is 16.5. The quantitative estimate of drug-likeness (QED) is 0.807. The fourth-order valence-electron chi connectivity index (χ4n) is 1.66. The molecule has 0 aliphatic rings. The van der Waals surface area contributed by atoms with Crippen LogP contribution in [0.2, 0.25) is 0 Å². The summed E-state index contributed by atoms with van der Waals surface area (Å²) in [6.45, 7) is 3.77. The molecule has 0 saturated heterocycles. The number of carboxylic acids is 1. The van der Waals surface area contributed by atoms with Crippen molar-refractivity contribution in [2.45, 2.75) is 26.3 Å². The Morgan fingerprint density at radius 3 is 2.72 bits per heavy atom. The highest BCUT2D eigenvalue weighted by molar-refractivity contribution is 5.75. The summed E-state index contributed by atoms with van der Waals surface area (Å²) < 4.78 is 5.35. The number of rotatable bonds is 6. The van der Waals surface area contributed by atoms with Gasteiger partial charge in [0.25, 0.3) is 0 Å². The maximum absolute atomic E-state index is 11.1. The summed E-state index contributed by atoms with van der Waals surface area (Å²) in [6, 6.07) is 6.54. The average molecular weight is 251 g/mol. The minimum atomic E-state index is -0.962. The second-order valence-corrected chi connectivity index (χ2v) is 3.86. The molecule has 0 saturated carbocycles. The Labute approximate surface area is 106 Å². The van der Waals surface area contributed by atoms with E-state index in [0.717, 1.165) is 5.56 Å². The lowest BCUT2D eigenvalue weighted by molar-refractivity contribution is -0.137. The first-order valence-corrected chi connectivity index (χ1v) is 5.74. The Kier molecular flexibility index (Phi) is 5.17. The van der Waals surface area contributed by atoms with Crippen LogP contribution in [-0.2, 0) is 9.59 Å². The molecule has 0 unspecified atom stereocenters. The fourth-order valence-corrected chi connectivity index (χ4v) is 1.66. The van der Waals surface area contributed by atoms with Gasteiger partial charge in [0.1, 0.15) is 5.75 Å². The third-order valence-electron chi connectivity index (χ3n) is 2.33. The zero-order chi connectivity index (χ0) is 13.5. The van der Waals surface area contributed by atoms with Crippen molar-refractivity contribution in [3.8, 4) is 5.75 Å². The molecule has 0 aromatic heterocycles. The van der Waals surface area contributed by atoms with Crippen molar-refractivity contribution in [2.24, 2.45) is 0 Å². The van der Waals surface area contributed by atoms with Crippen LogP contribution in [0.4, 0.5) is 0 Å². The summed E-state index contributed by atoms with van der Waals surface area (Å²) in [5, 5.41) is 11.5. The van der Waals surface area contributed by atoms with Crippen molar-refractivity contribution in [1.82, 2.24) is 5.32 Å². The number of ether oxygens (including phenoxy) is 1. The molecule has 0 aliphatic carbocycles. The van der Waals surface area contributed by atoms with Crippen molar-refractivity contribution in [1.29, 1.82) is 0 Å². The van der Waals surface area contributed by atoms with E-state index in [1.165, 1.54) is 6.92 Å². The van der Waals surface area contributed by atoms with Crippen molar-refractivity contribution < 1.29 is 19.4 Å². The molecular formula is C13H17NO4. The lowest BCUT2D eigenvalue weighted by atomic mass is 10.0. The number of nitrogens with one attached hydrogen (secondary N) is 1. The number of hydrogen-bond acceptors (Lipinski definition) is 3. The van der Waals surface area contributed by atoms with E-state index in [4.69, 9.17) is 9.84 Å². The van der Waals surface area contributed by atoms with Gasteiger partial charge in [0.15, 0.2) is 0 Å². The van der Waals surface area contributed by atoms with Crippen LogP contribution in [0, 0.1) is 0 Å². The van der Waals surface area contributed by atoms with Crippen LogP contribution in [0.1, 0.15) is 31.9 Å². The summed E-state index contributed by atoms with van der Waals surface area (Å²) in [6.07, 6.45) is -0.158. The number of carboxylic acid groups (broad SMARTS) is 1. The van der Waals surface area contributed by atoms with E-state index in [-0.39, 0.29) is 12.3 Å². The molecule has 2 N–H and O–H groups in total. The number of aliphatic carboxylic acids is 1. The van der Waals surface area contributed by atoms with Gasteiger partial charge in [-0.3, -0.25) is 9.59 Å². The van der Waals surface area contributed by atoms with Crippen molar-refractivity contribution in [3.63, 3.8) is 0 Å². The maximum Gasteiger partial charge on any atom is 0.305 e. The molecule has 0 aliphatic heterocycles. The van der Waals surface area contributed by atoms with E-state index in [0.29, 0.717) is 12.4 Å². The molecule has 0 radical (unpaired) electrons. The summed E-state index contributed by atoms with van der Waals surface area (Å²) >= 11 is 0. The minimum Gasteiger partial charge on any atom is -0.494 e. The third-order valence-corrected chi connectivity index (χ3v) is 2.33. The van der Waals surface area contributed by atoms with Crippen LogP contribution in [0.5, 0.6) is 5.75 Å². The molecular weight excluding hydrogens is 234 g/mol. The first-order valence-electron chi connectivity index (χ1n) is 5.74. The standard InChI is InChI=1S/C13H17NO4/c1-3-18-11-6-4-5-10(7-11)12(8-13(16)17)14-9(2)15/h4-7,12H,3,8H2,1-2H3,(H,14,15)(H,16,17)/t12-/m0/s1. The van der Waals surface area contributed by atoms with E-state index in [1.807, 2.05) is 6.92 Å². The highest BCUT2D eigenvalue weighted by Gasteiger charge is 2.16. The fraction of sp³-hybridized carbons (Fsp3) is 0.385. The van der Waals surface area contributed by atoms with Crippen molar-refractivity contribution in [2.75, 3.05) is 6.61 Å². The molecule has 5 nitrogen and oxygen atoms in total. The second kappa shape index (κ2) is 6.64. The van der Waals surface area contributed by atoms with Gasteiger partial charge < -0.3 is 15.2 Å². The van der Waals surface area contributed by atoms with E-state index in [9.17, 15) is 9.59 Å². The Morgan fingerprint density at radius 2 is 2.17 bits per heavy atom. The largest absolute Gasteiger partial charge is 0.494 e. The number of carbonyl (C=O) groups is 2. The molecule has 1 atom stereocenters. The molecule has 0 spiro atoms. The Balaban J connectivity index is 2.92. The number of amides is 1. The van der Waals surface area contributed by atoms with Crippen molar-refractivity contribution >= 4 is 11.9 Å². The predicted octanol–water partition coefficient (Wildman–Crippen LogP) is 1.74. The van der Waals surface area contributed by atoms with Gasteiger partial charge in [0.05, 0.1) is 19.1 Å². The lowest BCUT2D eigenvalue weighted by Gasteiger charge is -2.17. The van der Waals surface area contributed by atoms with Gasteiger partial charge in [-0.15, -0.1) is 0 Å². The van der Waals surface area contributed by atoms with Crippen LogP contribution >= 0.6 is 0 Å². The SMILES string of the molecule is CCOc1cccc([C@H](CC(=O)O)NC(C)=O)c1. The van der Waals surface area contributed by atoms with Gasteiger partial charge >= 0.3 is 5.97 Å². The summed E-state index contributed by atoms with van der Waals surface area (Å²) in [4.78, 5) is 21.9. The smallest absolute Gasteiger partial charge is 0.305 e. The molecule has 0 fully saturated rings. The van der Waals surface area contributed by atoms with Crippen molar-refractivity contribution in [3.05, 3.63) is 29.8 Å². The molecule has 1 amide bonds. The highest BCUT2D eigenvalue weighted by Crippen LogP contribution is 2.21. The van der Waals surface area contributed by atoms with E-state index in [2.05, 4.69) is 5.32 Å². The molecule has 5 heteroatoms. The van der Waals surface area contributed by atoms with E-state index >= 15 is 0 Å². The van der Waals surface area contributed by atoms with Crippen LogP contribution in [0.3, 0.4) is 0 Å². The van der Waals surface area contributed by atoms with Crippen LogP contribution < -0.4 is 10.1 Å². The maximum atomic E-state index is 11.1. The molecule has 1 rings (SSSR count). The topological polar surface area (TPSA) is 75.6 Å². The monoisotopic (exact) mass is 251 g/mol. The summed E-state index contributed by atoms with van der Waals surface area (Å²) in [5.74, 6) is -0.561.